The Morgan fingerprint density at radius 2 is 2.00 bits per heavy atom. The molecule has 3 nitrogen and oxygen atoms in total. The fourth-order valence-electron chi connectivity index (χ4n) is 3.11. The fraction of sp³-hybridized carbons (Fsp3) is 0.588. The zero-order valence-electron chi connectivity index (χ0n) is 12.8. The lowest BCUT2D eigenvalue weighted by Crippen LogP contribution is -2.44. The number of benzene rings is 1. The summed E-state index contributed by atoms with van der Waals surface area (Å²) in [5, 5.41) is 3.15. The van der Waals surface area contributed by atoms with Gasteiger partial charge in [-0.3, -0.25) is 4.79 Å². The second-order valence-corrected chi connectivity index (χ2v) is 6.15. The first-order valence-corrected chi connectivity index (χ1v) is 7.62. The van der Waals surface area contributed by atoms with Crippen molar-refractivity contribution in [1.82, 2.24) is 5.32 Å². The Kier molecular flexibility index (Phi) is 4.81. The molecule has 110 valence electrons. The van der Waals surface area contributed by atoms with E-state index >= 15 is 0 Å². The van der Waals surface area contributed by atoms with Crippen molar-refractivity contribution in [2.75, 3.05) is 0 Å². The number of nitrogens with two attached hydrogens (primary N) is 1. The molecule has 0 radical (unpaired) electrons. The molecule has 0 saturated heterocycles. The first-order chi connectivity index (χ1) is 9.49. The quantitative estimate of drug-likeness (QED) is 0.890. The summed E-state index contributed by atoms with van der Waals surface area (Å²) in [7, 11) is 0. The van der Waals surface area contributed by atoms with Crippen molar-refractivity contribution in [1.29, 1.82) is 0 Å². The first kappa shape index (κ1) is 15.0. The Balaban J connectivity index is 2.05. The molecule has 3 unspecified atom stereocenters. The second kappa shape index (κ2) is 6.40. The molecule has 20 heavy (non-hydrogen) atoms. The molecule has 0 aliphatic heterocycles. The lowest BCUT2D eigenvalue weighted by Gasteiger charge is -2.29. The summed E-state index contributed by atoms with van der Waals surface area (Å²) >= 11 is 0. The van der Waals surface area contributed by atoms with Gasteiger partial charge >= 0.3 is 0 Å². The van der Waals surface area contributed by atoms with Gasteiger partial charge in [-0.25, -0.2) is 0 Å². The molecule has 0 aromatic heterocycles. The third-order valence-electron chi connectivity index (χ3n) is 4.42. The lowest BCUT2D eigenvalue weighted by molar-refractivity contribution is -0.127. The van der Waals surface area contributed by atoms with Gasteiger partial charge in [0.15, 0.2) is 0 Å². The van der Waals surface area contributed by atoms with Crippen LogP contribution >= 0.6 is 0 Å². The van der Waals surface area contributed by atoms with E-state index in [0.29, 0.717) is 0 Å². The van der Waals surface area contributed by atoms with Gasteiger partial charge in [-0.15, -0.1) is 0 Å². The van der Waals surface area contributed by atoms with Crippen LogP contribution in [0.1, 0.15) is 55.3 Å². The van der Waals surface area contributed by atoms with Crippen LogP contribution < -0.4 is 11.1 Å². The Bertz CT molecular complexity index is 484. The van der Waals surface area contributed by atoms with E-state index < -0.39 is 0 Å². The van der Waals surface area contributed by atoms with E-state index in [1.165, 1.54) is 16.7 Å². The van der Waals surface area contributed by atoms with Crippen LogP contribution in [0, 0.1) is 19.8 Å². The maximum absolute atomic E-state index is 12.4. The smallest absolute Gasteiger partial charge is 0.225 e. The summed E-state index contributed by atoms with van der Waals surface area (Å²) in [4.78, 5) is 12.4. The van der Waals surface area contributed by atoms with Gasteiger partial charge < -0.3 is 11.1 Å². The third kappa shape index (κ3) is 3.40. The monoisotopic (exact) mass is 274 g/mol. The van der Waals surface area contributed by atoms with Crippen molar-refractivity contribution in [3.05, 3.63) is 34.9 Å². The number of hydrogen-bond donors (Lipinski definition) is 2. The summed E-state index contributed by atoms with van der Waals surface area (Å²) in [6, 6.07) is 6.43. The van der Waals surface area contributed by atoms with Gasteiger partial charge in [0.05, 0.1) is 12.0 Å². The molecule has 3 N–H and O–H groups in total. The predicted octanol–water partition coefficient (Wildman–Crippen LogP) is 3.00. The van der Waals surface area contributed by atoms with Crippen LogP contribution in [0.15, 0.2) is 18.2 Å². The van der Waals surface area contributed by atoms with E-state index in [2.05, 4.69) is 37.4 Å². The van der Waals surface area contributed by atoms with Gasteiger partial charge in [-0.2, -0.15) is 0 Å². The Morgan fingerprint density at radius 3 is 2.70 bits per heavy atom. The van der Waals surface area contributed by atoms with Gasteiger partial charge in [-0.05, 0) is 44.7 Å². The minimum atomic E-state index is -0.0173. The van der Waals surface area contributed by atoms with Crippen molar-refractivity contribution in [2.24, 2.45) is 11.7 Å². The second-order valence-electron chi connectivity index (χ2n) is 6.15. The maximum Gasteiger partial charge on any atom is 0.225 e. The topological polar surface area (TPSA) is 55.1 Å². The van der Waals surface area contributed by atoms with E-state index in [1.54, 1.807) is 0 Å². The molecular weight excluding hydrogens is 248 g/mol. The van der Waals surface area contributed by atoms with Crippen molar-refractivity contribution in [3.63, 3.8) is 0 Å². The molecule has 0 bridgehead atoms. The van der Waals surface area contributed by atoms with Crippen molar-refractivity contribution in [2.45, 2.75) is 58.5 Å². The normalized spacial score (nSPS) is 24.2. The summed E-state index contributed by atoms with van der Waals surface area (Å²) < 4.78 is 0. The van der Waals surface area contributed by atoms with E-state index in [1.807, 2.05) is 6.92 Å². The van der Waals surface area contributed by atoms with Crippen LogP contribution in [0.4, 0.5) is 0 Å². The van der Waals surface area contributed by atoms with Crippen LogP contribution in [0.3, 0.4) is 0 Å². The molecule has 1 fully saturated rings. The minimum absolute atomic E-state index is 0.0173. The Hall–Kier alpha value is -1.35. The molecule has 0 spiro atoms. The maximum atomic E-state index is 12.4. The molecule has 3 heteroatoms. The molecule has 1 aromatic carbocycles. The van der Waals surface area contributed by atoms with Gasteiger partial charge in [0.1, 0.15) is 0 Å². The number of hydrogen-bond acceptors (Lipinski definition) is 2. The average molecular weight is 274 g/mol. The van der Waals surface area contributed by atoms with E-state index in [0.717, 1.165) is 25.7 Å². The highest BCUT2D eigenvalue weighted by Crippen LogP contribution is 2.25. The SMILES string of the molecule is Cc1ccc(C)c(C(C)NC(=O)C2CCCCC2N)c1. The Labute approximate surface area is 121 Å². The van der Waals surface area contributed by atoms with Crippen molar-refractivity contribution >= 4 is 5.91 Å². The van der Waals surface area contributed by atoms with Gasteiger partial charge in [0, 0.05) is 6.04 Å². The highest BCUT2D eigenvalue weighted by atomic mass is 16.2. The summed E-state index contributed by atoms with van der Waals surface area (Å²) in [5.74, 6) is 0.0990. The van der Waals surface area contributed by atoms with Crippen LogP contribution in [0.2, 0.25) is 0 Å². The van der Waals surface area contributed by atoms with E-state index in [4.69, 9.17) is 5.73 Å². The van der Waals surface area contributed by atoms with E-state index in [9.17, 15) is 4.79 Å². The minimum Gasteiger partial charge on any atom is -0.349 e. The van der Waals surface area contributed by atoms with Gasteiger partial charge in [-0.1, -0.05) is 36.6 Å². The van der Waals surface area contributed by atoms with E-state index in [-0.39, 0.29) is 23.9 Å². The molecule has 3 atom stereocenters. The molecular formula is C17H26N2O. The number of rotatable bonds is 3. The zero-order valence-corrected chi connectivity index (χ0v) is 12.8. The third-order valence-corrected chi connectivity index (χ3v) is 4.42. The summed E-state index contributed by atoms with van der Waals surface area (Å²) in [6.45, 7) is 6.21. The molecule has 1 aliphatic rings. The first-order valence-electron chi connectivity index (χ1n) is 7.62. The molecule has 0 heterocycles. The molecule has 1 aromatic rings. The summed E-state index contributed by atoms with van der Waals surface area (Å²) in [6.07, 6.45) is 4.16. The van der Waals surface area contributed by atoms with Crippen LogP contribution in [-0.4, -0.2) is 11.9 Å². The molecule has 2 rings (SSSR count). The van der Waals surface area contributed by atoms with Crippen LogP contribution in [-0.2, 0) is 4.79 Å². The molecule has 1 saturated carbocycles. The number of carbonyl (C=O) groups excluding carboxylic acids is 1. The standard InChI is InChI=1S/C17H26N2O/c1-11-8-9-12(2)15(10-11)13(3)19-17(20)14-6-4-5-7-16(14)18/h8-10,13-14,16H,4-7,18H2,1-3H3,(H,19,20). The predicted molar refractivity (Wildman–Crippen MR) is 82.4 cm³/mol. The highest BCUT2D eigenvalue weighted by Gasteiger charge is 2.29. The zero-order chi connectivity index (χ0) is 14.7. The number of nitrogens with one attached hydrogen (secondary N) is 1. The highest BCUT2D eigenvalue weighted by molar-refractivity contribution is 5.80. The van der Waals surface area contributed by atoms with Gasteiger partial charge in [0.2, 0.25) is 5.91 Å². The van der Waals surface area contributed by atoms with Crippen molar-refractivity contribution in [3.8, 4) is 0 Å². The lowest BCUT2D eigenvalue weighted by atomic mass is 9.84. The van der Waals surface area contributed by atoms with Crippen LogP contribution in [0.5, 0.6) is 0 Å². The molecule has 1 amide bonds. The van der Waals surface area contributed by atoms with Gasteiger partial charge in [0.25, 0.3) is 0 Å². The Morgan fingerprint density at radius 1 is 1.30 bits per heavy atom. The molecule has 1 aliphatic carbocycles. The van der Waals surface area contributed by atoms with Crippen molar-refractivity contribution < 1.29 is 4.79 Å². The fourth-order valence-corrected chi connectivity index (χ4v) is 3.11. The van der Waals surface area contributed by atoms with Crippen LogP contribution in [0.25, 0.3) is 0 Å². The number of aryl methyl sites for hydroxylation is 2. The average Bonchev–Trinajstić information content (AvgIpc) is 2.41. The number of amides is 1. The number of carbonyl (C=O) groups is 1. The largest absolute Gasteiger partial charge is 0.349 e. The summed E-state index contributed by atoms with van der Waals surface area (Å²) in [5.41, 5.74) is 9.73.